The lowest BCUT2D eigenvalue weighted by Crippen LogP contribution is -2.41. The van der Waals surface area contributed by atoms with Gasteiger partial charge in [-0.25, -0.2) is 8.42 Å². The highest BCUT2D eigenvalue weighted by molar-refractivity contribution is 7.91. The summed E-state index contributed by atoms with van der Waals surface area (Å²) in [6.07, 6.45) is 6.38. The van der Waals surface area contributed by atoms with E-state index in [4.69, 9.17) is 0 Å². The van der Waals surface area contributed by atoms with Gasteiger partial charge in [0.2, 0.25) is 0 Å². The Balaban J connectivity index is 2.70. The van der Waals surface area contributed by atoms with Gasteiger partial charge in [0.1, 0.15) is 9.84 Å². The van der Waals surface area contributed by atoms with Gasteiger partial charge in [-0.3, -0.25) is 0 Å². The molecule has 0 aliphatic heterocycles. The third-order valence-electron chi connectivity index (χ3n) is 4.04. The van der Waals surface area contributed by atoms with Crippen LogP contribution in [0.2, 0.25) is 0 Å². The highest BCUT2D eigenvalue weighted by atomic mass is 32.2. The van der Waals surface area contributed by atoms with E-state index in [9.17, 15) is 8.42 Å². The molecule has 0 radical (unpaired) electrons. The summed E-state index contributed by atoms with van der Waals surface area (Å²) in [5.74, 6) is 0.502. The van der Waals surface area contributed by atoms with E-state index in [1.165, 1.54) is 6.26 Å². The van der Waals surface area contributed by atoms with Crippen LogP contribution in [0.5, 0.6) is 0 Å². The SMILES string of the molecule is CNC(CC(C)(C)C)C1CCCC(S(C)(=O)=O)C1. The fourth-order valence-electron chi connectivity index (χ4n) is 3.10. The lowest BCUT2D eigenvalue weighted by molar-refractivity contribution is 0.215. The summed E-state index contributed by atoms with van der Waals surface area (Å²) in [4.78, 5) is 0. The number of hydrogen-bond donors (Lipinski definition) is 1. The highest BCUT2D eigenvalue weighted by Crippen LogP contribution is 2.34. The molecular formula is C14H29NO2S. The van der Waals surface area contributed by atoms with Crippen LogP contribution in [-0.2, 0) is 9.84 Å². The van der Waals surface area contributed by atoms with Crippen molar-refractivity contribution >= 4 is 9.84 Å². The van der Waals surface area contributed by atoms with Crippen LogP contribution in [0.4, 0.5) is 0 Å². The van der Waals surface area contributed by atoms with E-state index in [0.717, 1.165) is 32.1 Å². The van der Waals surface area contributed by atoms with Crippen molar-refractivity contribution in [2.45, 2.75) is 64.2 Å². The molecule has 3 unspecified atom stereocenters. The first-order valence-electron chi connectivity index (χ1n) is 6.99. The summed E-state index contributed by atoms with van der Waals surface area (Å²) < 4.78 is 23.4. The molecule has 0 aromatic rings. The molecule has 0 aromatic carbocycles. The third kappa shape index (κ3) is 4.88. The van der Waals surface area contributed by atoms with E-state index in [1.54, 1.807) is 0 Å². The molecule has 1 rings (SSSR count). The van der Waals surface area contributed by atoms with Gasteiger partial charge in [0.15, 0.2) is 0 Å². The zero-order valence-electron chi connectivity index (χ0n) is 12.5. The predicted octanol–water partition coefficient (Wildman–Crippen LogP) is 2.61. The Morgan fingerprint density at radius 1 is 1.28 bits per heavy atom. The first-order chi connectivity index (χ1) is 8.13. The summed E-state index contributed by atoms with van der Waals surface area (Å²) in [5.41, 5.74) is 0.283. The van der Waals surface area contributed by atoms with Crippen LogP contribution in [0.1, 0.15) is 52.9 Å². The van der Waals surface area contributed by atoms with E-state index < -0.39 is 9.84 Å². The van der Waals surface area contributed by atoms with Crippen molar-refractivity contribution in [3.05, 3.63) is 0 Å². The Morgan fingerprint density at radius 2 is 1.89 bits per heavy atom. The van der Waals surface area contributed by atoms with Crippen LogP contribution in [0.3, 0.4) is 0 Å². The van der Waals surface area contributed by atoms with Crippen molar-refractivity contribution in [3.63, 3.8) is 0 Å². The fraction of sp³-hybridized carbons (Fsp3) is 1.00. The largest absolute Gasteiger partial charge is 0.317 e. The number of nitrogens with one attached hydrogen (secondary N) is 1. The smallest absolute Gasteiger partial charge is 0.150 e. The minimum absolute atomic E-state index is 0.118. The molecule has 0 saturated heterocycles. The lowest BCUT2D eigenvalue weighted by Gasteiger charge is -2.36. The van der Waals surface area contributed by atoms with Gasteiger partial charge in [-0.2, -0.15) is 0 Å². The van der Waals surface area contributed by atoms with E-state index in [-0.39, 0.29) is 10.7 Å². The van der Waals surface area contributed by atoms with Gasteiger partial charge in [0, 0.05) is 12.3 Å². The van der Waals surface area contributed by atoms with Crippen molar-refractivity contribution in [2.24, 2.45) is 11.3 Å². The van der Waals surface area contributed by atoms with E-state index in [1.807, 2.05) is 7.05 Å². The maximum Gasteiger partial charge on any atom is 0.150 e. The molecule has 1 N–H and O–H groups in total. The Morgan fingerprint density at radius 3 is 2.33 bits per heavy atom. The number of rotatable bonds is 4. The molecule has 1 saturated carbocycles. The second kappa shape index (κ2) is 5.91. The summed E-state index contributed by atoms with van der Waals surface area (Å²) in [6, 6.07) is 0.439. The van der Waals surface area contributed by atoms with Crippen molar-refractivity contribution in [1.29, 1.82) is 0 Å². The van der Waals surface area contributed by atoms with Crippen LogP contribution in [-0.4, -0.2) is 33.0 Å². The standard InChI is InChI=1S/C14H29NO2S/c1-14(2,3)10-13(15-4)11-7-6-8-12(9-11)18(5,16)17/h11-13,15H,6-10H2,1-5H3. The maximum atomic E-state index is 11.7. The third-order valence-corrected chi connectivity index (χ3v) is 5.68. The topological polar surface area (TPSA) is 46.2 Å². The normalized spacial score (nSPS) is 28.1. The Hall–Kier alpha value is -0.0900. The average molecular weight is 275 g/mol. The number of hydrogen-bond acceptors (Lipinski definition) is 3. The summed E-state index contributed by atoms with van der Waals surface area (Å²) in [7, 11) is -0.872. The second-order valence-electron chi connectivity index (χ2n) is 7.04. The Kier molecular flexibility index (Phi) is 5.24. The summed E-state index contributed by atoms with van der Waals surface area (Å²) in [5, 5.41) is 3.29. The van der Waals surface area contributed by atoms with Gasteiger partial charge in [0.05, 0.1) is 5.25 Å². The molecule has 0 spiro atoms. The molecule has 0 amide bonds. The predicted molar refractivity (Wildman–Crippen MR) is 77.5 cm³/mol. The van der Waals surface area contributed by atoms with Crippen molar-refractivity contribution in [2.75, 3.05) is 13.3 Å². The molecule has 1 aliphatic carbocycles. The molecule has 0 bridgehead atoms. The van der Waals surface area contributed by atoms with Crippen LogP contribution in [0, 0.1) is 11.3 Å². The van der Waals surface area contributed by atoms with Crippen LogP contribution in [0.25, 0.3) is 0 Å². The lowest BCUT2D eigenvalue weighted by atomic mass is 9.77. The van der Waals surface area contributed by atoms with E-state index in [0.29, 0.717) is 12.0 Å². The molecule has 1 fully saturated rings. The molecule has 108 valence electrons. The van der Waals surface area contributed by atoms with Gasteiger partial charge < -0.3 is 5.32 Å². The van der Waals surface area contributed by atoms with Crippen LogP contribution < -0.4 is 5.32 Å². The van der Waals surface area contributed by atoms with Gasteiger partial charge in [-0.15, -0.1) is 0 Å². The minimum atomic E-state index is -2.87. The van der Waals surface area contributed by atoms with E-state index in [2.05, 4.69) is 26.1 Å². The Bertz CT molecular complexity index is 356. The van der Waals surface area contributed by atoms with Crippen molar-refractivity contribution < 1.29 is 8.42 Å². The second-order valence-corrected chi connectivity index (χ2v) is 9.36. The zero-order chi connectivity index (χ0) is 14.0. The monoisotopic (exact) mass is 275 g/mol. The molecule has 18 heavy (non-hydrogen) atoms. The Labute approximate surface area is 113 Å². The molecule has 3 nitrogen and oxygen atoms in total. The van der Waals surface area contributed by atoms with Gasteiger partial charge in [-0.05, 0) is 44.1 Å². The average Bonchev–Trinajstić information content (AvgIpc) is 2.23. The molecule has 3 atom stereocenters. The van der Waals surface area contributed by atoms with Gasteiger partial charge >= 0.3 is 0 Å². The van der Waals surface area contributed by atoms with Gasteiger partial charge in [-0.1, -0.05) is 27.2 Å². The molecule has 1 aliphatic rings. The highest BCUT2D eigenvalue weighted by Gasteiger charge is 2.33. The molecule has 4 heteroatoms. The molecule has 0 aromatic heterocycles. The molecular weight excluding hydrogens is 246 g/mol. The van der Waals surface area contributed by atoms with Gasteiger partial charge in [0.25, 0.3) is 0 Å². The van der Waals surface area contributed by atoms with Crippen LogP contribution >= 0.6 is 0 Å². The van der Waals surface area contributed by atoms with Crippen molar-refractivity contribution in [1.82, 2.24) is 5.32 Å². The molecule has 0 heterocycles. The zero-order valence-corrected chi connectivity index (χ0v) is 13.3. The quantitative estimate of drug-likeness (QED) is 0.858. The first-order valence-corrected chi connectivity index (χ1v) is 8.95. The fourth-order valence-corrected chi connectivity index (χ4v) is 4.29. The minimum Gasteiger partial charge on any atom is -0.317 e. The maximum absolute atomic E-state index is 11.7. The first kappa shape index (κ1) is 16.0. The van der Waals surface area contributed by atoms with Crippen LogP contribution in [0.15, 0.2) is 0 Å². The van der Waals surface area contributed by atoms with E-state index >= 15 is 0 Å². The summed E-state index contributed by atoms with van der Waals surface area (Å²) >= 11 is 0. The number of sulfone groups is 1. The van der Waals surface area contributed by atoms with Crippen molar-refractivity contribution in [3.8, 4) is 0 Å². The summed E-state index contributed by atoms with van der Waals surface area (Å²) in [6.45, 7) is 6.73.